The molecule has 0 unspecified atom stereocenters. The second-order valence-corrected chi connectivity index (χ2v) is 7.27. The number of thioether (sulfide) groups is 1. The van der Waals surface area contributed by atoms with Crippen LogP contribution >= 0.6 is 23.1 Å². The minimum atomic E-state index is -0.732. The fourth-order valence-corrected chi connectivity index (χ4v) is 3.78. The molecular formula is C17H23N3O2S2. The Bertz CT molecular complexity index is 634. The number of carbonyl (C=O) groups excluding carboxylic acids is 1. The molecule has 0 bridgehead atoms. The minimum absolute atomic E-state index is 0.281. The van der Waals surface area contributed by atoms with Gasteiger partial charge in [-0.15, -0.1) is 11.3 Å². The van der Waals surface area contributed by atoms with Gasteiger partial charge in [-0.2, -0.15) is 11.8 Å². The van der Waals surface area contributed by atoms with E-state index in [9.17, 15) is 9.90 Å². The van der Waals surface area contributed by atoms with Gasteiger partial charge >= 0.3 is 6.03 Å². The molecule has 5 nitrogen and oxygen atoms in total. The summed E-state index contributed by atoms with van der Waals surface area (Å²) in [5, 5.41) is 19.0. The molecule has 1 heterocycles. The summed E-state index contributed by atoms with van der Waals surface area (Å²) >= 11 is 3.40. The topological polar surface area (TPSA) is 74.2 Å². The summed E-state index contributed by atoms with van der Waals surface area (Å²) in [6.45, 7) is 2.30. The number of carbonyl (C=O) groups is 1. The first-order valence-electron chi connectivity index (χ1n) is 7.79. The Morgan fingerprint density at radius 2 is 2.12 bits per heavy atom. The molecule has 0 saturated carbocycles. The van der Waals surface area contributed by atoms with Crippen molar-refractivity contribution in [3.63, 3.8) is 0 Å². The number of aromatic nitrogens is 1. The number of rotatable bonds is 8. The van der Waals surface area contributed by atoms with Gasteiger partial charge in [-0.1, -0.05) is 30.3 Å². The molecule has 0 spiro atoms. The number of amides is 2. The van der Waals surface area contributed by atoms with Gasteiger partial charge < -0.3 is 15.7 Å². The predicted molar refractivity (Wildman–Crippen MR) is 100 cm³/mol. The average molecular weight is 366 g/mol. The Morgan fingerprint density at radius 3 is 2.83 bits per heavy atom. The van der Waals surface area contributed by atoms with E-state index >= 15 is 0 Å². The lowest BCUT2D eigenvalue weighted by molar-refractivity contribution is 0.137. The zero-order chi connectivity index (χ0) is 17.4. The molecule has 2 rings (SSSR count). The third-order valence-electron chi connectivity index (χ3n) is 3.51. The number of thiazole rings is 1. The van der Waals surface area contributed by atoms with Crippen molar-refractivity contribution in [3.05, 3.63) is 52.0 Å². The van der Waals surface area contributed by atoms with Crippen LogP contribution in [0.2, 0.25) is 0 Å². The second-order valence-electron chi connectivity index (χ2n) is 5.46. The van der Waals surface area contributed by atoms with Crippen LogP contribution in [-0.2, 0) is 12.2 Å². The van der Waals surface area contributed by atoms with Gasteiger partial charge in [0.2, 0.25) is 0 Å². The van der Waals surface area contributed by atoms with E-state index in [1.54, 1.807) is 30.0 Å². The number of benzene rings is 1. The third kappa shape index (κ3) is 5.81. The Balaban J connectivity index is 1.72. The maximum Gasteiger partial charge on any atom is 0.315 e. The molecule has 130 valence electrons. The Labute approximate surface area is 150 Å². The standard InChI is InChI=1S/C17H23N3O2S2/c1-12(16(21)13-6-4-3-5-7-13)19-17(22)18-9-8-14-10-24-15(20-14)11-23-2/h3-7,10,12,16,21H,8-9,11H2,1-2H3,(H2,18,19,22)/t12-,16-/m0/s1. The van der Waals surface area contributed by atoms with Gasteiger partial charge in [0.15, 0.2) is 0 Å². The maximum absolute atomic E-state index is 11.9. The number of urea groups is 1. The van der Waals surface area contributed by atoms with Crippen molar-refractivity contribution in [3.8, 4) is 0 Å². The summed E-state index contributed by atoms with van der Waals surface area (Å²) in [7, 11) is 0. The molecule has 24 heavy (non-hydrogen) atoms. The van der Waals surface area contributed by atoms with Gasteiger partial charge in [-0.05, 0) is 18.7 Å². The SMILES string of the molecule is CSCc1nc(CCNC(=O)N[C@@H](C)[C@H](O)c2ccccc2)cs1. The zero-order valence-electron chi connectivity index (χ0n) is 13.9. The summed E-state index contributed by atoms with van der Waals surface area (Å²) < 4.78 is 0. The fraction of sp³-hybridized carbons (Fsp3) is 0.412. The Morgan fingerprint density at radius 1 is 1.38 bits per heavy atom. The van der Waals surface area contributed by atoms with Crippen LogP contribution in [0.15, 0.2) is 35.7 Å². The molecule has 2 aromatic rings. The van der Waals surface area contributed by atoms with Gasteiger partial charge in [0.25, 0.3) is 0 Å². The first-order valence-corrected chi connectivity index (χ1v) is 10.1. The van der Waals surface area contributed by atoms with Gasteiger partial charge in [-0.3, -0.25) is 0 Å². The third-order valence-corrected chi connectivity index (χ3v) is 5.15. The quantitative estimate of drug-likeness (QED) is 0.672. The van der Waals surface area contributed by atoms with Crippen molar-refractivity contribution in [2.75, 3.05) is 12.8 Å². The molecule has 3 N–H and O–H groups in total. The predicted octanol–water partition coefficient (Wildman–Crippen LogP) is 2.97. The maximum atomic E-state index is 11.9. The summed E-state index contributed by atoms with van der Waals surface area (Å²) in [5.41, 5.74) is 1.79. The van der Waals surface area contributed by atoms with Gasteiger partial charge in [-0.25, -0.2) is 9.78 Å². The molecule has 0 aliphatic rings. The second kappa shape index (κ2) is 9.66. The van der Waals surface area contributed by atoms with E-state index in [1.807, 2.05) is 35.7 Å². The van der Waals surface area contributed by atoms with Crippen molar-refractivity contribution in [1.29, 1.82) is 0 Å². The molecule has 0 radical (unpaired) electrons. The van der Waals surface area contributed by atoms with Crippen LogP contribution in [-0.4, -0.2) is 35.0 Å². The van der Waals surface area contributed by atoms with Crippen molar-refractivity contribution in [2.45, 2.75) is 31.2 Å². The van der Waals surface area contributed by atoms with Gasteiger partial charge in [0.05, 0.1) is 17.8 Å². The first kappa shape index (κ1) is 18.8. The van der Waals surface area contributed by atoms with Crippen molar-refractivity contribution in [2.24, 2.45) is 0 Å². The van der Waals surface area contributed by atoms with Crippen LogP contribution in [0.1, 0.15) is 29.3 Å². The van der Waals surface area contributed by atoms with E-state index in [0.717, 1.165) is 22.0 Å². The van der Waals surface area contributed by atoms with E-state index in [0.29, 0.717) is 13.0 Å². The number of nitrogens with zero attached hydrogens (tertiary/aromatic N) is 1. The molecule has 0 aliphatic heterocycles. The molecule has 0 fully saturated rings. The van der Waals surface area contributed by atoms with Crippen LogP contribution in [0.5, 0.6) is 0 Å². The Hall–Kier alpha value is -1.57. The minimum Gasteiger partial charge on any atom is -0.386 e. The lowest BCUT2D eigenvalue weighted by atomic mass is 10.0. The van der Waals surface area contributed by atoms with E-state index in [2.05, 4.69) is 21.9 Å². The van der Waals surface area contributed by atoms with Crippen LogP contribution in [0.4, 0.5) is 4.79 Å². The van der Waals surface area contributed by atoms with E-state index < -0.39 is 6.10 Å². The van der Waals surface area contributed by atoms with Gasteiger partial charge in [0, 0.05) is 24.1 Å². The highest BCUT2D eigenvalue weighted by Gasteiger charge is 2.17. The monoisotopic (exact) mass is 365 g/mol. The smallest absolute Gasteiger partial charge is 0.315 e. The molecule has 0 aliphatic carbocycles. The number of nitrogens with one attached hydrogen (secondary N) is 2. The van der Waals surface area contributed by atoms with E-state index in [4.69, 9.17) is 0 Å². The normalized spacial score (nSPS) is 13.3. The highest BCUT2D eigenvalue weighted by molar-refractivity contribution is 7.97. The number of aliphatic hydroxyl groups is 1. The molecule has 7 heteroatoms. The highest BCUT2D eigenvalue weighted by Crippen LogP contribution is 2.16. The van der Waals surface area contributed by atoms with Crippen LogP contribution in [0, 0.1) is 0 Å². The van der Waals surface area contributed by atoms with Crippen molar-refractivity contribution < 1.29 is 9.90 Å². The Kier molecular flexibility index (Phi) is 7.55. The summed E-state index contributed by atoms with van der Waals surface area (Å²) in [6.07, 6.45) is 2.02. The van der Waals surface area contributed by atoms with Gasteiger partial charge in [0.1, 0.15) is 5.01 Å². The largest absolute Gasteiger partial charge is 0.386 e. The van der Waals surface area contributed by atoms with Crippen LogP contribution in [0.3, 0.4) is 0 Å². The summed E-state index contributed by atoms with van der Waals surface area (Å²) in [4.78, 5) is 16.4. The first-order chi connectivity index (χ1) is 11.6. The summed E-state index contributed by atoms with van der Waals surface area (Å²) in [5.74, 6) is 0.924. The number of hydrogen-bond acceptors (Lipinski definition) is 5. The van der Waals surface area contributed by atoms with E-state index in [1.165, 1.54) is 0 Å². The zero-order valence-corrected chi connectivity index (χ0v) is 15.5. The molecule has 0 saturated heterocycles. The number of hydrogen-bond donors (Lipinski definition) is 3. The fourth-order valence-electron chi connectivity index (χ4n) is 2.23. The van der Waals surface area contributed by atoms with Crippen molar-refractivity contribution in [1.82, 2.24) is 15.6 Å². The van der Waals surface area contributed by atoms with E-state index in [-0.39, 0.29) is 12.1 Å². The lowest BCUT2D eigenvalue weighted by Gasteiger charge is -2.20. The van der Waals surface area contributed by atoms with Crippen molar-refractivity contribution >= 4 is 29.1 Å². The molecule has 2 amide bonds. The summed E-state index contributed by atoms with van der Waals surface area (Å²) in [6, 6.07) is 8.65. The molecular weight excluding hydrogens is 342 g/mol. The highest BCUT2D eigenvalue weighted by atomic mass is 32.2. The van der Waals surface area contributed by atoms with Crippen LogP contribution < -0.4 is 10.6 Å². The lowest BCUT2D eigenvalue weighted by Crippen LogP contribution is -2.44. The molecule has 1 aromatic carbocycles. The van der Waals surface area contributed by atoms with Crippen LogP contribution in [0.25, 0.3) is 0 Å². The molecule has 1 aromatic heterocycles. The number of aliphatic hydroxyl groups excluding tert-OH is 1. The molecule has 2 atom stereocenters. The average Bonchev–Trinajstić information content (AvgIpc) is 3.02.